The van der Waals surface area contributed by atoms with Crippen LogP contribution in [0.3, 0.4) is 0 Å². The summed E-state index contributed by atoms with van der Waals surface area (Å²) in [4.78, 5) is 19.1. The Morgan fingerprint density at radius 3 is 2.50 bits per heavy atom. The summed E-state index contributed by atoms with van der Waals surface area (Å²) in [5.41, 5.74) is 2.01. The van der Waals surface area contributed by atoms with Crippen LogP contribution in [-0.4, -0.2) is 35.4 Å². The van der Waals surface area contributed by atoms with Crippen LogP contribution in [0.25, 0.3) is 11.3 Å². The number of rotatable bonds is 10. The van der Waals surface area contributed by atoms with E-state index in [1.54, 1.807) is 6.20 Å². The van der Waals surface area contributed by atoms with E-state index in [4.69, 9.17) is 16.0 Å². The van der Waals surface area contributed by atoms with Crippen molar-refractivity contribution in [1.82, 2.24) is 15.2 Å². The van der Waals surface area contributed by atoms with Crippen LogP contribution in [0.2, 0.25) is 5.02 Å². The normalized spacial score (nSPS) is 12.1. The van der Waals surface area contributed by atoms with E-state index in [1.807, 2.05) is 54.6 Å². The van der Waals surface area contributed by atoms with Gasteiger partial charge in [-0.1, -0.05) is 74.0 Å². The SMILES string of the molecule is CCN(CC)C(CNC(=O)CCc1ncc(-c2ccccc2)o1)c1ccccc1Cl. The quantitative estimate of drug-likeness (QED) is 0.489. The van der Waals surface area contributed by atoms with Gasteiger partial charge in [0.25, 0.3) is 0 Å². The molecule has 0 radical (unpaired) electrons. The van der Waals surface area contributed by atoms with Gasteiger partial charge in [-0.25, -0.2) is 4.98 Å². The summed E-state index contributed by atoms with van der Waals surface area (Å²) in [5.74, 6) is 1.25. The summed E-state index contributed by atoms with van der Waals surface area (Å²) in [6.45, 7) is 6.48. The molecule has 6 heteroatoms. The molecule has 0 fully saturated rings. The van der Waals surface area contributed by atoms with Gasteiger partial charge in [0.2, 0.25) is 5.91 Å². The van der Waals surface area contributed by atoms with Crippen LogP contribution < -0.4 is 5.32 Å². The Bertz CT molecular complexity index is 938. The van der Waals surface area contributed by atoms with Gasteiger partial charge in [-0.05, 0) is 24.7 Å². The Balaban J connectivity index is 1.57. The second kappa shape index (κ2) is 11.0. The largest absolute Gasteiger partial charge is 0.441 e. The number of aryl methyl sites for hydroxylation is 1. The van der Waals surface area contributed by atoms with E-state index in [9.17, 15) is 4.79 Å². The number of halogens is 1. The molecule has 30 heavy (non-hydrogen) atoms. The van der Waals surface area contributed by atoms with Gasteiger partial charge in [0, 0.05) is 30.0 Å². The number of hydrogen-bond donors (Lipinski definition) is 1. The molecule has 3 aromatic rings. The van der Waals surface area contributed by atoms with Crippen molar-refractivity contribution in [1.29, 1.82) is 0 Å². The zero-order valence-corrected chi connectivity index (χ0v) is 18.2. The van der Waals surface area contributed by atoms with Crippen LogP contribution in [0.4, 0.5) is 0 Å². The van der Waals surface area contributed by atoms with Crippen molar-refractivity contribution in [2.75, 3.05) is 19.6 Å². The molecule has 5 nitrogen and oxygen atoms in total. The van der Waals surface area contributed by atoms with Gasteiger partial charge in [-0.2, -0.15) is 0 Å². The lowest BCUT2D eigenvalue weighted by atomic mass is 10.0. The first-order chi connectivity index (χ1) is 14.6. The molecular weight excluding hydrogens is 398 g/mol. The number of aromatic nitrogens is 1. The van der Waals surface area contributed by atoms with Gasteiger partial charge < -0.3 is 9.73 Å². The first kappa shape index (κ1) is 22.1. The highest BCUT2D eigenvalue weighted by Gasteiger charge is 2.21. The van der Waals surface area contributed by atoms with Crippen molar-refractivity contribution >= 4 is 17.5 Å². The van der Waals surface area contributed by atoms with Crippen molar-refractivity contribution in [3.63, 3.8) is 0 Å². The van der Waals surface area contributed by atoms with Crippen molar-refractivity contribution in [3.05, 3.63) is 77.3 Å². The minimum atomic E-state index is -0.0290. The van der Waals surface area contributed by atoms with Crippen LogP contribution in [0.1, 0.15) is 37.8 Å². The van der Waals surface area contributed by atoms with E-state index in [2.05, 4.69) is 29.0 Å². The molecule has 1 aromatic heterocycles. The van der Waals surface area contributed by atoms with Gasteiger partial charge in [0.15, 0.2) is 11.7 Å². The van der Waals surface area contributed by atoms with Gasteiger partial charge in [-0.3, -0.25) is 9.69 Å². The second-order valence-corrected chi connectivity index (χ2v) is 7.45. The third-order valence-corrected chi connectivity index (χ3v) is 5.53. The Hall–Kier alpha value is -2.63. The summed E-state index contributed by atoms with van der Waals surface area (Å²) < 4.78 is 5.79. The highest BCUT2D eigenvalue weighted by Crippen LogP contribution is 2.27. The first-order valence-corrected chi connectivity index (χ1v) is 10.8. The van der Waals surface area contributed by atoms with E-state index in [0.717, 1.165) is 29.2 Å². The zero-order chi connectivity index (χ0) is 21.3. The fourth-order valence-electron chi connectivity index (χ4n) is 3.53. The monoisotopic (exact) mass is 425 g/mol. The van der Waals surface area contributed by atoms with Crippen LogP contribution in [-0.2, 0) is 11.2 Å². The second-order valence-electron chi connectivity index (χ2n) is 7.05. The lowest BCUT2D eigenvalue weighted by Gasteiger charge is -2.30. The van der Waals surface area contributed by atoms with Gasteiger partial charge in [0.1, 0.15) is 0 Å². The van der Waals surface area contributed by atoms with E-state index in [0.29, 0.717) is 31.0 Å². The first-order valence-electron chi connectivity index (χ1n) is 10.4. The number of oxazole rings is 1. The lowest BCUT2D eigenvalue weighted by Crippen LogP contribution is -2.38. The molecule has 1 heterocycles. The van der Waals surface area contributed by atoms with Crippen molar-refractivity contribution in [3.8, 4) is 11.3 Å². The number of likely N-dealkylation sites (N-methyl/N-ethyl adjacent to an activating group) is 1. The Morgan fingerprint density at radius 2 is 1.80 bits per heavy atom. The maximum absolute atomic E-state index is 12.5. The molecule has 1 atom stereocenters. The number of carbonyl (C=O) groups is 1. The molecule has 0 bridgehead atoms. The molecule has 1 N–H and O–H groups in total. The highest BCUT2D eigenvalue weighted by molar-refractivity contribution is 6.31. The number of benzene rings is 2. The van der Waals surface area contributed by atoms with E-state index in [-0.39, 0.29) is 11.9 Å². The number of nitrogens with one attached hydrogen (secondary N) is 1. The predicted octanol–water partition coefficient (Wildman–Crippen LogP) is 5.13. The Morgan fingerprint density at radius 1 is 1.10 bits per heavy atom. The molecule has 0 aliphatic rings. The van der Waals surface area contributed by atoms with Crippen LogP contribution in [0.5, 0.6) is 0 Å². The summed E-state index contributed by atoms with van der Waals surface area (Å²) in [5, 5.41) is 3.78. The van der Waals surface area contributed by atoms with Crippen LogP contribution in [0.15, 0.2) is 65.2 Å². The maximum atomic E-state index is 12.5. The average Bonchev–Trinajstić information content (AvgIpc) is 3.26. The minimum Gasteiger partial charge on any atom is -0.441 e. The average molecular weight is 426 g/mol. The molecule has 0 saturated heterocycles. The maximum Gasteiger partial charge on any atom is 0.220 e. The van der Waals surface area contributed by atoms with E-state index >= 15 is 0 Å². The molecule has 2 aromatic carbocycles. The molecule has 1 amide bonds. The molecule has 0 spiro atoms. The van der Waals surface area contributed by atoms with Crippen LogP contribution in [0, 0.1) is 0 Å². The number of nitrogens with zero attached hydrogens (tertiary/aromatic N) is 2. The van der Waals surface area contributed by atoms with E-state index < -0.39 is 0 Å². The standard InChI is InChI=1S/C24H28ClN3O2/c1-3-28(4-2)21(19-12-8-9-13-20(19)25)16-26-23(29)14-15-24-27-17-22(30-24)18-10-6-5-7-11-18/h5-13,17,21H,3-4,14-16H2,1-2H3,(H,26,29). The molecule has 0 saturated carbocycles. The van der Waals surface area contributed by atoms with Crippen molar-refractivity contribution in [2.24, 2.45) is 0 Å². The molecule has 158 valence electrons. The molecule has 3 rings (SSSR count). The molecule has 0 aliphatic carbocycles. The number of hydrogen-bond acceptors (Lipinski definition) is 4. The number of carbonyl (C=O) groups excluding carboxylic acids is 1. The molecular formula is C24H28ClN3O2. The fraction of sp³-hybridized carbons (Fsp3) is 0.333. The summed E-state index contributed by atoms with van der Waals surface area (Å²) in [6, 6.07) is 17.7. The summed E-state index contributed by atoms with van der Waals surface area (Å²) in [6.07, 6.45) is 2.49. The Labute approximate surface area is 183 Å². The summed E-state index contributed by atoms with van der Waals surface area (Å²) >= 11 is 6.43. The molecule has 0 aliphatic heterocycles. The predicted molar refractivity (Wildman–Crippen MR) is 120 cm³/mol. The Kier molecular flexibility index (Phi) is 8.05. The van der Waals surface area contributed by atoms with Gasteiger partial charge in [-0.15, -0.1) is 0 Å². The highest BCUT2D eigenvalue weighted by atomic mass is 35.5. The molecule has 1 unspecified atom stereocenters. The third-order valence-electron chi connectivity index (χ3n) is 5.19. The van der Waals surface area contributed by atoms with Crippen molar-refractivity contribution < 1.29 is 9.21 Å². The van der Waals surface area contributed by atoms with Gasteiger partial charge >= 0.3 is 0 Å². The van der Waals surface area contributed by atoms with Gasteiger partial charge in [0.05, 0.1) is 12.2 Å². The zero-order valence-electron chi connectivity index (χ0n) is 17.5. The van der Waals surface area contributed by atoms with Crippen molar-refractivity contribution in [2.45, 2.75) is 32.7 Å². The smallest absolute Gasteiger partial charge is 0.220 e. The fourth-order valence-corrected chi connectivity index (χ4v) is 3.79. The third kappa shape index (κ3) is 5.71. The van der Waals surface area contributed by atoms with E-state index in [1.165, 1.54) is 0 Å². The van der Waals surface area contributed by atoms with Crippen LogP contribution >= 0.6 is 11.6 Å². The topological polar surface area (TPSA) is 58.4 Å². The summed E-state index contributed by atoms with van der Waals surface area (Å²) in [7, 11) is 0. The lowest BCUT2D eigenvalue weighted by molar-refractivity contribution is -0.121. The minimum absolute atomic E-state index is 0.0290. The number of amides is 1.